The molecule has 0 spiro atoms. The van der Waals surface area contributed by atoms with Crippen LogP contribution in [0.4, 0.5) is 22.0 Å². The lowest BCUT2D eigenvalue weighted by atomic mass is 9.60. The van der Waals surface area contributed by atoms with E-state index in [1.807, 2.05) is 10.6 Å². The van der Waals surface area contributed by atoms with Gasteiger partial charge in [-0.25, -0.2) is 17.3 Å². The lowest BCUT2D eigenvalue weighted by Crippen LogP contribution is -2.52. The number of Topliss-reactive ketones (excluding diaryl/α,β-unsaturated/α-hetero) is 1. The average molecular weight is 630 g/mol. The number of hydrogen-bond donors (Lipinski definition) is 0. The predicted molar refractivity (Wildman–Crippen MR) is 156 cm³/mol. The normalized spacial score (nSPS) is 21.3. The molecule has 2 aliphatic carbocycles. The van der Waals surface area contributed by atoms with Crippen molar-refractivity contribution in [3.63, 3.8) is 0 Å². The number of halogens is 5. The van der Waals surface area contributed by atoms with Crippen molar-refractivity contribution in [1.29, 1.82) is 0 Å². The topological polar surface area (TPSA) is 73.0 Å². The maximum Gasteiger partial charge on any atom is 0.402 e. The summed E-state index contributed by atoms with van der Waals surface area (Å²) in [6.07, 6.45) is 3.01. The minimum Gasteiger partial charge on any atom is -0.317 e. The standard InChI is InChI=1S/C31H28F5N5O2S/c1-39-18-26(17-38-39)44(2,43)41(19-31(34,35)36)25-6-3-21-13-28-20(10-12-40(28)24-7-4-22(32)5-8-24)15-30(21,16-25)29(42)27-14-23(33)9-11-37-27/h4-5,7-14,17-18,25H,2-3,6,15-16,19H2,1H3/t25-,30-,44?/m0/s1. The lowest BCUT2D eigenvalue weighted by Gasteiger charge is -2.47. The molecule has 0 aliphatic heterocycles. The maximum absolute atomic E-state index is 14.3. The molecule has 44 heavy (non-hydrogen) atoms. The van der Waals surface area contributed by atoms with Crippen LogP contribution in [-0.2, 0) is 23.2 Å². The van der Waals surface area contributed by atoms with E-state index in [0.29, 0.717) is 11.3 Å². The zero-order valence-corrected chi connectivity index (χ0v) is 24.4. The largest absolute Gasteiger partial charge is 0.402 e. The lowest BCUT2D eigenvalue weighted by molar-refractivity contribution is -0.140. The van der Waals surface area contributed by atoms with Crippen LogP contribution < -0.4 is 0 Å². The fourth-order valence-corrected chi connectivity index (χ4v) is 8.21. The van der Waals surface area contributed by atoms with Crippen LogP contribution in [0.5, 0.6) is 0 Å². The van der Waals surface area contributed by atoms with Crippen LogP contribution in [0.1, 0.15) is 41.0 Å². The Labute approximate surface area is 250 Å². The summed E-state index contributed by atoms with van der Waals surface area (Å²) in [5.74, 6) is 2.15. The van der Waals surface area contributed by atoms with Crippen molar-refractivity contribution in [2.75, 3.05) is 6.54 Å². The van der Waals surface area contributed by atoms with Crippen molar-refractivity contribution >= 4 is 27.4 Å². The number of alkyl halides is 3. The van der Waals surface area contributed by atoms with Crippen molar-refractivity contribution in [3.05, 3.63) is 101 Å². The van der Waals surface area contributed by atoms with Gasteiger partial charge < -0.3 is 4.57 Å². The first-order valence-electron chi connectivity index (χ1n) is 13.8. The second kappa shape index (κ2) is 10.8. The van der Waals surface area contributed by atoms with E-state index in [0.717, 1.165) is 27.7 Å². The molecular weight excluding hydrogens is 601 g/mol. The van der Waals surface area contributed by atoms with Crippen LogP contribution in [0, 0.1) is 17.0 Å². The molecule has 1 aromatic carbocycles. The van der Waals surface area contributed by atoms with Gasteiger partial charge in [0.2, 0.25) is 0 Å². The van der Waals surface area contributed by atoms with Crippen LogP contribution in [0.3, 0.4) is 0 Å². The van der Waals surface area contributed by atoms with Gasteiger partial charge in [0.05, 0.1) is 26.2 Å². The Morgan fingerprint density at radius 1 is 1.16 bits per heavy atom. The number of allylic oxidation sites excluding steroid dienone is 1. The second-order valence-electron chi connectivity index (χ2n) is 11.3. The van der Waals surface area contributed by atoms with Crippen LogP contribution in [-0.4, -0.2) is 58.3 Å². The van der Waals surface area contributed by atoms with E-state index in [1.165, 1.54) is 35.4 Å². The summed E-state index contributed by atoms with van der Waals surface area (Å²) in [7, 11) is -2.12. The quantitative estimate of drug-likeness (QED) is 0.147. The highest BCUT2D eigenvalue weighted by Crippen LogP contribution is 2.52. The smallest absolute Gasteiger partial charge is 0.317 e. The SMILES string of the molecule is C=S(=O)(c1cnn(C)c1)N(CC(F)(F)F)[C@H]1CCC2=Cc3c(ccn3-c3ccc(F)cc3)C[C@]2(C(=O)c2cc(F)ccn2)C1. The summed E-state index contributed by atoms with van der Waals surface area (Å²) in [5, 5.41) is 3.98. The number of aryl methyl sites for hydroxylation is 1. The summed E-state index contributed by atoms with van der Waals surface area (Å²) in [5.41, 5.74) is 1.29. The van der Waals surface area contributed by atoms with E-state index in [1.54, 1.807) is 31.4 Å². The molecule has 3 aromatic heterocycles. The number of aromatic nitrogens is 4. The monoisotopic (exact) mass is 629 g/mol. The molecule has 1 fully saturated rings. The van der Waals surface area contributed by atoms with Crippen molar-refractivity contribution in [1.82, 2.24) is 23.6 Å². The number of carbonyl (C=O) groups is 1. The Morgan fingerprint density at radius 3 is 2.57 bits per heavy atom. The van der Waals surface area contributed by atoms with E-state index < -0.39 is 51.3 Å². The molecule has 0 radical (unpaired) electrons. The third kappa shape index (κ3) is 5.38. The zero-order chi connectivity index (χ0) is 31.4. The molecule has 7 nitrogen and oxygen atoms in total. The maximum atomic E-state index is 14.3. The third-order valence-corrected chi connectivity index (χ3v) is 10.6. The molecule has 4 aromatic rings. The summed E-state index contributed by atoms with van der Waals surface area (Å²) in [6, 6.07) is 8.85. The summed E-state index contributed by atoms with van der Waals surface area (Å²) < 4.78 is 88.1. The molecular formula is C31H28F5N5O2S. The molecule has 2 aliphatic rings. The van der Waals surface area contributed by atoms with Gasteiger partial charge >= 0.3 is 6.18 Å². The highest BCUT2D eigenvalue weighted by atomic mass is 32.2. The number of hydrogen-bond acceptors (Lipinski definition) is 4. The minimum absolute atomic E-state index is 0.0417. The molecule has 0 N–H and O–H groups in total. The molecule has 0 saturated heterocycles. The number of benzene rings is 1. The first-order chi connectivity index (χ1) is 20.8. The number of rotatable bonds is 7. The van der Waals surface area contributed by atoms with Crippen molar-refractivity contribution in [2.24, 2.45) is 12.5 Å². The van der Waals surface area contributed by atoms with Gasteiger partial charge in [-0.1, -0.05) is 5.57 Å². The Balaban J connectivity index is 1.46. The van der Waals surface area contributed by atoms with Gasteiger partial charge in [0.25, 0.3) is 0 Å². The predicted octanol–water partition coefficient (Wildman–Crippen LogP) is 5.80. The molecule has 230 valence electrons. The van der Waals surface area contributed by atoms with Gasteiger partial charge in [0.1, 0.15) is 23.9 Å². The van der Waals surface area contributed by atoms with E-state index in [4.69, 9.17) is 0 Å². The second-order valence-corrected chi connectivity index (χ2v) is 13.5. The zero-order valence-electron chi connectivity index (χ0n) is 23.6. The average Bonchev–Trinajstić information content (AvgIpc) is 3.60. The van der Waals surface area contributed by atoms with E-state index in [9.17, 15) is 31.0 Å². The number of ketones is 1. The van der Waals surface area contributed by atoms with E-state index >= 15 is 0 Å². The summed E-state index contributed by atoms with van der Waals surface area (Å²) in [4.78, 5) is 18.5. The first-order valence-corrected chi connectivity index (χ1v) is 15.5. The fourth-order valence-electron chi connectivity index (χ4n) is 6.39. The minimum atomic E-state index is -4.72. The number of pyridine rings is 1. The molecule has 1 saturated carbocycles. The van der Waals surface area contributed by atoms with Gasteiger partial charge in [-0.2, -0.15) is 18.3 Å². The van der Waals surface area contributed by atoms with Gasteiger partial charge in [0, 0.05) is 49.1 Å². The summed E-state index contributed by atoms with van der Waals surface area (Å²) >= 11 is 0. The Hall–Kier alpha value is -4.10. The molecule has 13 heteroatoms. The Bertz CT molecular complexity index is 1880. The Kier molecular flexibility index (Phi) is 7.36. The van der Waals surface area contributed by atoms with Gasteiger partial charge in [-0.05, 0) is 79.6 Å². The van der Waals surface area contributed by atoms with Crippen LogP contribution in [0.2, 0.25) is 0 Å². The number of fused-ring (bicyclic) bond motifs is 2. The molecule has 3 atom stereocenters. The highest BCUT2D eigenvalue weighted by molar-refractivity contribution is 7.98. The van der Waals surface area contributed by atoms with Crippen molar-refractivity contribution in [3.8, 4) is 5.69 Å². The molecule has 1 unspecified atom stereocenters. The van der Waals surface area contributed by atoms with Gasteiger partial charge in [-0.15, -0.1) is 0 Å². The number of nitrogens with zero attached hydrogens (tertiary/aromatic N) is 5. The van der Waals surface area contributed by atoms with E-state index in [2.05, 4.69) is 16.0 Å². The molecule has 0 bridgehead atoms. The van der Waals surface area contributed by atoms with Gasteiger partial charge in [0.15, 0.2) is 5.78 Å². The molecule has 6 rings (SSSR count). The van der Waals surface area contributed by atoms with Crippen LogP contribution >= 0.6 is 0 Å². The number of carbonyl (C=O) groups excluding carboxylic acids is 1. The third-order valence-electron chi connectivity index (χ3n) is 8.43. The fraction of sp³-hybridized carbons (Fsp3) is 0.290. The van der Waals surface area contributed by atoms with Crippen molar-refractivity contribution in [2.45, 2.75) is 42.8 Å². The van der Waals surface area contributed by atoms with Gasteiger partial charge in [-0.3, -0.25) is 14.5 Å². The Morgan fingerprint density at radius 2 is 1.91 bits per heavy atom. The molecule has 0 amide bonds. The van der Waals surface area contributed by atoms with Crippen molar-refractivity contribution < 1.29 is 31.0 Å². The first kappa shape index (κ1) is 29.9. The summed E-state index contributed by atoms with van der Waals surface area (Å²) in [6.45, 7) is -1.51. The molecule has 3 heterocycles. The highest BCUT2D eigenvalue weighted by Gasteiger charge is 2.52. The van der Waals surface area contributed by atoms with Crippen LogP contribution in [0.15, 0.2) is 77.7 Å². The van der Waals surface area contributed by atoms with E-state index in [-0.39, 0.29) is 36.3 Å². The van der Waals surface area contributed by atoms with Crippen LogP contribution in [0.25, 0.3) is 11.8 Å².